The summed E-state index contributed by atoms with van der Waals surface area (Å²) in [5.41, 5.74) is 2.17. The SMILES string of the molecule is CCC(CC(=C(F)F)c1ccc2ccccc2c1)NC(=O)C(c1ccccc1)c1ccccc1. The van der Waals surface area contributed by atoms with Crippen LogP contribution in [0.3, 0.4) is 0 Å². The van der Waals surface area contributed by atoms with Gasteiger partial charge in [-0.2, -0.15) is 8.78 Å². The van der Waals surface area contributed by atoms with Gasteiger partial charge >= 0.3 is 0 Å². The molecule has 0 saturated carbocycles. The van der Waals surface area contributed by atoms with Gasteiger partial charge in [0.1, 0.15) is 0 Å². The number of fused-ring (bicyclic) bond motifs is 1. The van der Waals surface area contributed by atoms with Crippen molar-refractivity contribution in [1.82, 2.24) is 5.32 Å². The Hall–Kier alpha value is -3.79. The van der Waals surface area contributed by atoms with Gasteiger partial charge in [0.15, 0.2) is 0 Å². The van der Waals surface area contributed by atoms with E-state index < -0.39 is 18.0 Å². The van der Waals surface area contributed by atoms with Crippen molar-refractivity contribution in [3.8, 4) is 0 Å². The van der Waals surface area contributed by atoms with Gasteiger partial charge in [0.05, 0.1) is 5.92 Å². The van der Waals surface area contributed by atoms with Crippen molar-refractivity contribution in [3.63, 3.8) is 0 Å². The van der Waals surface area contributed by atoms with Gasteiger partial charge in [-0.3, -0.25) is 4.79 Å². The minimum absolute atomic E-state index is 0.0334. The Bertz CT molecular complexity index is 1240. The summed E-state index contributed by atoms with van der Waals surface area (Å²) in [4.78, 5) is 13.5. The average Bonchev–Trinajstić information content (AvgIpc) is 2.87. The first-order valence-corrected chi connectivity index (χ1v) is 11.5. The fourth-order valence-corrected chi connectivity index (χ4v) is 4.30. The molecule has 34 heavy (non-hydrogen) atoms. The Morgan fingerprint density at radius 1 is 0.765 bits per heavy atom. The Morgan fingerprint density at radius 2 is 1.32 bits per heavy atom. The number of halogens is 2. The molecule has 4 rings (SSSR count). The second-order valence-electron chi connectivity index (χ2n) is 8.37. The maximum absolute atomic E-state index is 14.1. The third kappa shape index (κ3) is 5.40. The Balaban J connectivity index is 1.59. The molecule has 0 spiro atoms. The Morgan fingerprint density at radius 3 is 1.88 bits per heavy atom. The minimum atomic E-state index is -1.72. The van der Waals surface area contributed by atoms with Crippen LogP contribution in [0.25, 0.3) is 16.3 Å². The smallest absolute Gasteiger partial charge is 0.274 e. The second-order valence-corrected chi connectivity index (χ2v) is 8.37. The first-order valence-electron chi connectivity index (χ1n) is 11.5. The quantitative estimate of drug-likeness (QED) is 0.292. The molecule has 0 bridgehead atoms. The Labute approximate surface area is 198 Å². The second kappa shape index (κ2) is 10.9. The normalized spacial score (nSPS) is 11.9. The lowest BCUT2D eigenvalue weighted by Gasteiger charge is -2.23. The van der Waals surface area contributed by atoms with Crippen LogP contribution in [-0.2, 0) is 4.79 Å². The molecule has 0 saturated heterocycles. The zero-order chi connectivity index (χ0) is 23.9. The average molecular weight is 456 g/mol. The van der Waals surface area contributed by atoms with E-state index in [4.69, 9.17) is 0 Å². The summed E-state index contributed by atoms with van der Waals surface area (Å²) in [5, 5.41) is 4.95. The molecule has 0 aliphatic heterocycles. The van der Waals surface area contributed by atoms with Gasteiger partial charge in [-0.1, -0.05) is 104 Å². The molecule has 1 unspecified atom stereocenters. The lowest BCUT2D eigenvalue weighted by Crippen LogP contribution is -2.38. The van der Waals surface area contributed by atoms with E-state index in [1.54, 1.807) is 12.1 Å². The van der Waals surface area contributed by atoms with Gasteiger partial charge in [-0.25, -0.2) is 0 Å². The molecular formula is C30H27F2NO. The van der Waals surface area contributed by atoms with Gasteiger partial charge < -0.3 is 5.32 Å². The molecule has 0 aliphatic carbocycles. The van der Waals surface area contributed by atoms with Gasteiger partial charge in [-0.05, 0) is 46.4 Å². The molecule has 4 aromatic rings. The third-order valence-electron chi connectivity index (χ3n) is 6.14. The van der Waals surface area contributed by atoms with Gasteiger partial charge in [0.25, 0.3) is 6.08 Å². The summed E-state index contributed by atoms with van der Waals surface area (Å²) in [5.74, 6) is -0.707. The summed E-state index contributed by atoms with van der Waals surface area (Å²) >= 11 is 0. The number of amides is 1. The van der Waals surface area contributed by atoms with Crippen LogP contribution in [0.1, 0.15) is 42.4 Å². The third-order valence-corrected chi connectivity index (χ3v) is 6.14. The molecule has 2 nitrogen and oxygen atoms in total. The van der Waals surface area contributed by atoms with E-state index >= 15 is 0 Å². The van der Waals surface area contributed by atoms with Crippen molar-refractivity contribution in [3.05, 3.63) is 126 Å². The van der Waals surface area contributed by atoms with Crippen LogP contribution in [0.4, 0.5) is 8.78 Å². The van der Waals surface area contributed by atoms with E-state index in [0.717, 1.165) is 21.9 Å². The maximum Gasteiger partial charge on any atom is 0.274 e. The van der Waals surface area contributed by atoms with Crippen LogP contribution in [0.5, 0.6) is 0 Å². The van der Waals surface area contributed by atoms with Crippen molar-refractivity contribution in [2.45, 2.75) is 31.7 Å². The minimum Gasteiger partial charge on any atom is -0.352 e. The molecule has 172 valence electrons. The lowest BCUT2D eigenvalue weighted by molar-refractivity contribution is -0.122. The fraction of sp³-hybridized carbons (Fsp3) is 0.167. The molecule has 4 heteroatoms. The summed E-state index contributed by atoms with van der Waals surface area (Å²) in [6.45, 7) is 1.90. The molecule has 4 aromatic carbocycles. The van der Waals surface area contributed by atoms with Crippen LogP contribution in [0.15, 0.2) is 109 Å². The topological polar surface area (TPSA) is 29.1 Å². The van der Waals surface area contributed by atoms with Gasteiger partial charge in [0.2, 0.25) is 5.91 Å². The van der Waals surface area contributed by atoms with E-state index in [1.165, 1.54) is 0 Å². The maximum atomic E-state index is 14.1. The predicted molar refractivity (Wildman–Crippen MR) is 135 cm³/mol. The van der Waals surface area contributed by atoms with Crippen LogP contribution in [0.2, 0.25) is 0 Å². The van der Waals surface area contributed by atoms with E-state index in [-0.39, 0.29) is 17.9 Å². The van der Waals surface area contributed by atoms with Crippen LogP contribution in [0, 0.1) is 0 Å². The van der Waals surface area contributed by atoms with E-state index in [1.807, 2.05) is 97.9 Å². The monoisotopic (exact) mass is 455 g/mol. The lowest BCUT2D eigenvalue weighted by atomic mass is 9.89. The highest BCUT2D eigenvalue weighted by Gasteiger charge is 2.25. The zero-order valence-electron chi connectivity index (χ0n) is 19.0. The first-order chi connectivity index (χ1) is 16.6. The van der Waals surface area contributed by atoms with E-state index in [9.17, 15) is 13.6 Å². The molecule has 0 radical (unpaired) electrons. The fourth-order valence-electron chi connectivity index (χ4n) is 4.30. The van der Waals surface area contributed by atoms with Crippen molar-refractivity contribution >= 4 is 22.3 Å². The van der Waals surface area contributed by atoms with E-state index in [0.29, 0.717) is 12.0 Å². The highest BCUT2D eigenvalue weighted by atomic mass is 19.3. The summed E-state index contributed by atoms with van der Waals surface area (Å²) in [6.07, 6.45) is -1.13. The molecule has 1 N–H and O–H groups in total. The molecule has 0 aromatic heterocycles. The number of carbonyl (C=O) groups is 1. The van der Waals surface area contributed by atoms with Crippen molar-refractivity contribution in [2.24, 2.45) is 0 Å². The largest absolute Gasteiger partial charge is 0.352 e. The number of benzene rings is 4. The van der Waals surface area contributed by atoms with Crippen molar-refractivity contribution in [2.75, 3.05) is 0 Å². The van der Waals surface area contributed by atoms with Crippen LogP contribution >= 0.6 is 0 Å². The molecule has 0 heterocycles. The molecule has 0 aliphatic rings. The van der Waals surface area contributed by atoms with Gasteiger partial charge in [-0.15, -0.1) is 0 Å². The highest BCUT2D eigenvalue weighted by Crippen LogP contribution is 2.30. The number of rotatable bonds is 8. The molecule has 1 atom stereocenters. The molecule has 1 amide bonds. The summed E-state index contributed by atoms with van der Waals surface area (Å²) < 4.78 is 28.1. The summed E-state index contributed by atoms with van der Waals surface area (Å²) in [6, 6.07) is 31.7. The van der Waals surface area contributed by atoms with Crippen molar-refractivity contribution in [1.29, 1.82) is 0 Å². The van der Waals surface area contributed by atoms with Crippen LogP contribution < -0.4 is 5.32 Å². The number of hydrogen-bond acceptors (Lipinski definition) is 1. The predicted octanol–water partition coefficient (Wildman–Crippen LogP) is 7.56. The standard InChI is InChI=1S/C30H27F2NO/c1-2-26(20-27(29(31)32)25-18-17-21-11-9-10-16-24(21)19-25)33-30(34)28(22-12-5-3-6-13-22)23-14-7-4-8-15-23/h3-19,26,28H,2,20H2,1H3,(H,33,34). The summed E-state index contributed by atoms with van der Waals surface area (Å²) in [7, 11) is 0. The molecular weight excluding hydrogens is 428 g/mol. The van der Waals surface area contributed by atoms with E-state index in [2.05, 4.69) is 5.32 Å². The van der Waals surface area contributed by atoms with Gasteiger partial charge in [0, 0.05) is 11.6 Å². The Kier molecular flexibility index (Phi) is 7.48. The number of carbonyl (C=O) groups excluding carboxylic acids is 1. The van der Waals surface area contributed by atoms with Crippen molar-refractivity contribution < 1.29 is 13.6 Å². The van der Waals surface area contributed by atoms with Crippen LogP contribution in [-0.4, -0.2) is 11.9 Å². The number of hydrogen-bond donors (Lipinski definition) is 1. The molecule has 0 fully saturated rings. The zero-order valence-corrected chi connectivity index (χ0v) is 19.0. The highest BCUT2D eigenvalue weighted by molar-refractivity contribution is 5.88. The first kappa shape index (κ1) is 23.4. The number of nitrogens with one attached hydrogen (secondary N) is 1.